The van der Waals surface area contributed by atoms with Gasteiger partial charge in [-0.15, -0.1) is 0 Å². The van der Waals surface area contributed by atoms with Crippen molar-refractivity contribution in [1.82, 2.24) is 20.5 Å². The fourth-order valence-electron chi connectivity index (χ4n) is 4.57. The van der Waals surface area contributed by atoms with Crippen molar-refractivity contribution in [1.29, 1.82) is 0 Å². The molecule has 0 bridgehead atoms. The highest BCUT2D eigenvalue weighted by Crippen LogP contribution is 2.44. The maximum atomic E-state index is 13.0. The van der Waals surface area contributed by atoms with Crippen LogP contribution in [0.25, 0.3) is 22.4 Å². The minimum atomic E-state index is -0.551. The number of nitrogens with zero attached hydrogens (tertiary/aromatic N) is 2. The Morgan fingerprint density at radius 2 is 1.81 bits per heavy atom. The Balaban J connectivity index is 1.61. The van der Waals surface area contributed by atoms with Gasteiger partial charge in [0.15, 0.2) is 0 Å². The topological polar surface area (TPSA) is 79.9 Å². The van der Waals surface area contributed by atoms with Crippen molar-refractivity contribution < 1.29 is 9.53 Å². The Labute approximate surface area is 230 Å². The summed E-state index contributed by atoms with van der Waals surface area (Å²) in [5.41, 5.74) is 5.10. The molecule has 0 saturated carbocycles. The average molecular weight is 556 g/mol. The van der Waals surface area contributed by atoms with Crippen LogP contribution in [-0.4, -0.2) is 26.7 Å². The minimum absolute atomic E-state index is 0.112. The van der Waals surface area contributed by atoms with E-state index in [0.29, 0.717) is 33.1 Å². The second-order valence-corrected chi connectivity index (χ2v) is 11.1. The number of benzene rings is 2. The molecule has 1 amide bonds. The van der Waals surface area contributed by atoms with Crippen molar-refractivity contribution in [3.8, 4) is 28.3 Å². The first-order valence-corrected chi connectivity index (χ1v) is 13.0. The maximum absolute atomic E-state index is 13.0. The first kappa shape index (κ1) is 25.6. The lowest BCUT2D eigenvalue weighted by molar-refractivity contribution is -0.121. The van der Waals surface area contributed by atoms with E-state index < -0.39 is 5.60 Å². The largest absolute Gasteiger partial charge is 0.471 e. The lowest BCUT2D eigenvalue weighted by Gasteiger charge is -2.37. The van der Waals surface area contributed by atoms with E-state index in [2.05, 4.69) is 15.5 Å². The third-order valence-corrected chi connectivity index (χ3v) is 7.21. The Morgan fingerprint density at radius 1 is 1.08 bits per heavy atom. The summed E-state index contributed by atoms with van der Waals surface area (Å²) in [4.78, 5) is 18.0. The molecule has 2 aromatic carbocycles. The maximum Gasteiger partial charge on any atom is 0.226 e. The zero-order chi connectivity index (χ0) is 26.3. The molecule has 0 aliphatic carbocycles. The van der Waals surface area contributed by atoms with Gasteiger partial charge in [0.05, 0.1) is 29.4 Å². The molecule has 0 saturated heterocycles. The van der Waals surface area contributed by atoms with Gasteiger partial charge >= 0.3 is 0 Å². The smallest absolute Gasteiger partial charge is 0.226 e. The lowest BCUT2D eigenvalue weighted by atomic mass is 9.88. The number of H-pyrrole nitrogens is 1. The van der Waals surface area contributed by atoms with Crippen LogP contribution in [0.15, 0.2) is 54.7 Å². The number of aryl methyl sites for hydroxylation is 1. The fraction of sp³-hybridized carbons (Fsp3) is 0.250. The SMILES string of the molecule is Cc1cn[nH]c1CC(=O)N[C@@H]1CC(C)(C)Oc2nc(-c3ccc(Cl)cc3Cl)c(-c3ccc(Cl)cc3)cc21. The van der Waals surface area contributed by atoms with E-state index >= 15 is 0 Å². The Morgan fingerprint density at radius 3 is 2.49 bits per heavy atom. The molecule has 1 aliphatic rings. The van der Waals surface area contributed by atoms with E-state index in [1.165, 1.54) is 0 Å². The van der Waals surface area contributed by atoms with Crippen molar-refractivity contribution in [2.45, 2.75) is 45.3 Å². The Bertz CT molecular complexity index is 1480. The van der Waals surface area contributed by atoms with Crippen molar-refractivity contribution in [3.63, 3.8) is 0 Å². The number of fused-ring (bicyclic) bond motifs is 1. The van der Waals surface area contributed by atoms with E-state index in [1.54, 1.807) is 18.3 Å². The predicted octanol–water partition coefficient (Wildman–Crippen LogP) is 7.37. The van der Waals surface area contributed by atoms with Crippen LogP contribution in [0.1, 0.15) is 43.1 Å². The van der Waals surface area contributed by atoms with Gasteiger partial charge in [0.2, 0.25) is 11.8 Å². The highest BCUT2D eigenvalue weighted by molar-refractivity contribution is 6.36. The second-order valence-electron chi connectivity index (χ2n) is 9.80. The van der Waals surface area contributed by atoms with E-state index in [0.717, 1.165) is 33.5 Å². The minimum Gasteiger partial charge on any atom is -0.471 e. The number of pyridine rings is 1. The van der Waals surface area contributed by atoms with Gasteiger partial charge in [0, 0.05) is 38.9 Å². The number of nitrogens with one attached hydrogen (secondary N) is 2. The van der Waals surface area contributed by atoms with Crippen LogP contribution in [0.2, 0.25) is 15.1 Å². The van der Waals surface area contributed by atoms with Crippen LogP contribution < -0.4 is 10.1 Å². The molecule has 0 fully saturated rings. The van der Waals surface area contributed by atoms with Crippen LogP contribution in [0.4, 0.5) is 0 Å². The standard InChI is InChI=1S/C28H25Cl3N4O2/c1-15-14-32-35-23(15)12-25(36)33-24-13-28(2,3)37-27-21(24)11-20(16-4-6-17(29)7-5-16)26(34-27)19-9-8-18(30)10-22(19)31/h4-11,14,24H,12-13H2,1-3H3,(H,32,35)(H,33,36)/t24-/m1/s1. The van der Waals surface area contributed by atoms with Crippen molar-refractivity contribution in [2.24, 2.45) is 0 Å². The quantitative estimate of drug-likeness (QED) is 0.269. The molecule has 0 spiro atoms. The van der Waals surface area contributed by atoms with E-state index in [1.807, 2.05) is 57.2 Å². The van der Waals surface area contributed by atoms with Gasteiger partial charge in [-0.25, -0.2) is 4.98 Å². The zero-order valence-electron chi connectivity index (χ0n) is 20.5. The molecule has 1 aliphatic heterocycles. The Kier molecular flexibility index (Phi) is 6.92. The number of carbonyl (C=O) groups is 1. The summed E-state index contributed by atoms with van der Waals surface area (Å²) in [6.45, 7) is 5.89. The van der Waals surface area contributed by atoms with Crippen molar-refractivity contribution in [2.75, 3.05) is 0 Å². The van der Waals surface area contributed by atoms with Gasteiger partial charge in [-0.2, -0.15) is 5.10 Å². The van der Waals surface area contributed by atoms with Gasteiger partial charge in [-0.1, -0.05) is 46.9 Å². The monoisotopic (exact) mass is 554 g/mol. The molecule has 0 radical (unpaired) electrons. The van der Waals surface area contributed by atoms with Crippen LogP contribution in [0, 0.1) is 6.92 Å². The number of halogens is 3. The predicted molar refractivity (Wildman–Crippen MR) is 147 cm³/mol. The van der Waals surface area contributed by atoms with E-state index in [9.17, 15) is 4.79 Å². The average Bonchev–Trinajstić information content (AvgIpc) is 3.22. The summed E-state index contributed by atoms with van der Waals surface area (Å²) >= 11 is 19.0. The van der Waals surface area contributed by atoms with Gasteiger partial charge in [-0.3, -0.25) is 9.89 Å². The summed E-state index contributed by atoms with van der Waals surface area (Å²) < 4.78 is 6.32. The normalized spacial score (nSPS) is 16.1. The van der Waals surface area contributed by atoms with E-state index in [4.69, 9.17) is 44.5 Å². The molecule has 5 rings (SSSR count). The molecular formula is C28H25Cl3N4O2. The molecule has 4 aromatic rings. The number of hydrogen-bond donors (Lipinski definition) is 2. The number of aromatic amines is 1. The zero-order valence-corrected chi connectivity index (χ0v) is 22.8. The number of carbonyl (C=O) groups excluding carboxylic acids is 1. The fourth-order valence-corrected chi connectivity index (χ4v) is 5.20. The molecule has 190 valence electrons. The third kappa shape index (κ3) is 5.47. The van der Waals surface area contributed by atoms with Gasteiger partial charge in [0.25, 0.3) is 0 Å². The molecule has 2 N–H and O–H groups in total. The van der Waals surface area contributed by atoms with Crippen molar-refractivity contribution >= 4 is 40.7 Å². The Hall–Kier alpha value is -3.06. The van der Waals surface area contributed by atoms with Crippen LogP contribution >= 0.6 is 34.8 Å². The third-order valence-electron chi connectivity index (χ3n) is 6.41. The molecule has 3 heterocycles. The summed E-state index contributed by atoms with van der Waals surface area (Å²) in [5, 5.41) is 11.7. The second kappa shape index (κ2) is 10.0. The number of rotatable bonds is 5. The van der Waals surface area contributed by atoms with Crippen LogP contribution in [0.5, 0.6) is 5.88 Å². The molecule has 37 heavy (non-hydrogen) atoms. The van der Waals surface area contributed by atoms with E-state index in [-0.39, 0.29) is 18.4 Å². The molecule has 1 atom stereocenters. The van der Waals surface area contributed by atoms with Gasteiger partial charge in [0.1, 0.15) is 5.60 Å². The summed E-state index contributed by atoms with van der Waals surface area (Å²) in [6, 6.07) is 14.6. The van der Waals surface area contributed by atoms with Gasteiger partial charge in [-0.05, 0) is 68.3 Å². The number of aromatic nitrogens is 3. The van der Waals surface area contributed by atoms with Gasteiger partial charge < -0.3 is 10.1 Å². The van der Waals surface area contributed by atoms with Crippen molar-refractivity contribution in [3.05, 3.63) is 86.6 Å². The summed E-state index contributed by atoms with van der Waals surface area (Å²) in [7, 11) is 0. The first-order chi connectivity index (χ1) is 17.6. The number of hydrogen-bond acceptors (Lipinski definition) is 4. The number of amides is 1. The van der Waals surface area contributed by atoms with Crippen LogP contribution in [-0.2, 0) is 11.2 Å². The molecule has 6 nitrogen and oxygen atoms in total. The molecular weight excluding hydrogens is 531 g/mol. The number of ether oxygens (including phenoxy) is 1. The first-order valence-electron chi connectivity index (χ1n) is 11.8. The molecule has 0 unspecified atom stereocenters. The van der Waals surface area contributed by atoms with Crippen LogP contribution in [0.3, 0.4) is 0 Å². The lowest BCUT2D eigenvalue weighted by Crippen LogP contribution is -2.42. The summed E-state index contributed by atoms with van der Waals surface area (Å²) in [6.07, 6.45) is 2.49. The highest BCUT2D eigenvalue weighted by Gasteiger charge is 2.37. The molecule has 2 aromatic heterocycles. The summed E-state index contributed by atoms with van der Waals surface area (Å²) in [5.74, 6) is 0.344. The highest BCUT2D eigenvalue weighted by atomic mass is 35.5. The molecule has 9 heteroatoms.